The zero-order valence-corrected chi connectivity index (χ0v) is 12.7. The van der Waals surface area contributed by atoms with Crippen LogP contribution in [-0.4, -0.2) is 11.5 Å². The Morgan fingerprint density at radius 2 is 1.89 bits per heavy atom. The number of rotatable bonds is 1. The predicted molar refractivity (Wildman–Crippen MR) is 83.4 cm³/mol. The molecular weight excluding hydrogens is 335 g/mol. The Bertz CT molecular complexity index is 578. The number of hydrogen-bond acceptors (Lipinski definition) is 2. The summed E-state index contributed by atoms with van der Waals surface area (Å²) in [7, 11) is 0. The quantitative estimate of drug-likeness (QED) is 0.720. The molecule has 2 nitrogen and oxygen atoms in total. The summed E-state index contributed by atoms with van der Waals surface area (Å²) < 4.78 is 1.28. The number of anilines is 2. The normalized spacial score (nSPS) is 16.7. The highest BCUT2D eigenvalue weighted by molar-refractivity contribution is 14.1. The Morgan fingerprint density at radius 1 is 1.17 bits per heavy atom. The van der Waals surface area contributed by atoms with Gasteiger partial charge in [-0.1, -0.05) is 19.9 Å². The van der Waals surface area contributed by atoms with Crippen molar-refractivity contribution in [2.24, 2.45) is 0 Å². The molecule has 0 saturated heterocycles. The molecule has 3 heteroatoms. The molecule has 0 fully saturated rings. The van der Waals surface area contributed by atoms with Crippen LogP contribution in [0.3, 0.4) is 0 Å². The van der Waals surface area contributed by atoms with Gasteiger partial charge in [0.05, 0.1) is 0 Å². The molecule has 2 aromatic rings. The highest BCUT2D eigenvalue weighted by Gasteiger charge is 2.35. The van der Waals surface area contributed by atoms with Crippen LogP contribution in [0.5, 0.6) is 0 Å². The lowest BCUT2D eigenvalue weighted by atomic mass is 9.87. The van der Waals surface area contributed by atoms with Crippen LogP contribution in [0.2, 0.25) is 0 Å². The van der Waals surface area contributed by atoms with Gasteiger partial charge in [0.25, 0.3) is 0 Å². The second-order valence-electron chi connectivity index (χ2n) is 5.34. The summed E-state index contributed by atoms with van der Waals surface area (Å²) in [6, 6.07) is 10.9. The van der Waals surface area contributed by atoms with E-state index < -0.39 is 0 Å². The molecule has 1 aliphatic rings. The van der Waals surface area contributed by atoms with Crippen molar-refractivity contribution in [1.29, 1.82) is 0 Å². The lowest BCUT2D eigenvalue weighted by molar-refractivity contribution is 0.569. The van der Waals surface area contributed by atoms with E-state index in [2.05, 4.69) is 76.7 Å². The van der Waals surface area contributed by atoms with Gasteiger partial charge < -0.3 is 4.90 Å². The molecule has 0 radical (unpaired) electrons. The zero-order valence-electron chi connectivity index (χ0n) is 10.5. The fourth-order valence-electron chi connectivity index (χ4n) is 2.62. The molecule has 0 spiro atoms. The van der Waals surface area contributed by atoms with Crippen molar-refractivity contribution in [3.63, 3.8) is 0 Å². The molecule has 0 N–H and O–H groups in total. The molecule has 0 aliphatic carbocycles. The number of aromatic nitrogens is 1. The SMILES string of the molecule is CC1(C)CN(c2ccncc2)c2cc(I)ccc21. The van der Waals surface area contributed by atoms with Gasteiger partial charge >= 0.3 is 0 Å². The van der Waals surface area contributed by atoms with Crippen molar-refractivity contribution in [3.05, 3.63) is 51.9 Å². The van der Waals surface area contributed by atoms with Gasteiger partial charge in [-0.25, -0.2) is 0 Å². The standard InChI is InChI=1S/C15H15IN2/c1-15(2)10-18(12-5-7-17-8-6-12)14-9-11(16)3-4-13(14)15/h3-9H,10H2,1-2H3. The van der Waals surface area contributed by atoms with Gasteiger partial charge in [0.15, 0.2) is 0 Å². The average Bonchev–Trinajstić information content (AvgIpc) is 2.62. The van der Waals surface area contributed by atoms with E-state index in [1.54, 1.807) is 0 Å². The zero-order chi connectivity index (χ0) is 12.8. The van der Waals surface area contributed by atoms with Crippen LogP contribution < -0.4 is 4.90 Å². The number of nitrogens with zero attached hydrogens (tertiary/aromatic N) is 2. The summed E-state index contributed by atoms with van der Waals surface area (Å²) in [4.78, 5) is 6.49. The largest absolute Gasteiger partial charge is 0.340 e. The second-order valence-corrected chi connectivity index (χ2v) is 6.58. The topological polar surface area (TPSA) is 16.1 Å². The molecule has 2 heterocycles. The predicted octanol–water partition coefficient (Wildman–Crippen LogP) is 4.12. The van der Waals surface area contributed by atoms with Crippen molar-refractivity contribution >= 4 is 34.0 Å². The first-order valence-corrected chi connectivity index (χ1v) is 7.13. The summed E-state index contributed by atoms with van der Waals surface area (Å²) in [6.45, 7) is 5.63. The van der Waals surface area contributed by atoms with Crippen molar-refractivity contribution < 1.29 is 0 Å². The number of hydrogen-bond donors (Lipinski definition) is 0. The van der Waals surface area contributed by atoms with Gasteiger partial charge in [-0.2, -0.15) is 0 Å². The molecule has 18 heavy (non-hydrogen) atoms. The van der Waals surface area contributed by atoms with Gasteiger partial charge in [0.2, 0.25) is 0 Å². The fraction of sp³-hybridized carbons (Fsp3) is 0.267. The van der Waals surface area contributed by atoms with E-state index >= 15 is 0 Å². The van der Waals surface area contributed by atoms with Crippen LogP contribution in [0, 0.1) is 3.57 Å². The van der Waals surface area contributed by atoms with Gasteiger partial charge in [-0.15, -0.1) is 0 Å². The lowest BCUT2D eigenvalue weighted by Gasteiger charge is -2.22. The lowest BCUT2D eigenvalue weighted by Crippen LogP contribution is -2.24. The van der Waals surface area contributed by atoms with Crippen LogP contribution in [0.1, 0.15) is 19.4 Å². The van der Waals surface area contributed by atoms with E-state index in [0.717, 1.165) is 6.54 Å². The summed E-state index contributed by atoms with van der Waals surface area (Å²) in [5, 5.41) is 0. The first-order chi connectivity index (χ1) is 8.58. The van der Waals surface area contributed by atoms with Crippen LogP contribution in [0.4, 0.5) is 11.4 Å². The van der Waals surface area contributed by atoms with Crippen LogP contribution in [0.15, 0.2) is 42.7 Å². The maximum atomic E-state index is 4.10. The minimum Gasteiger partial charge on any atom is -0.340 e. The number of pyridine rings is 1. The molecule has 0 bridgehead atoms. The Labute approximate surface area is 121 Å². The monoisotopic (exact) mass is 350 g/mol. The van der Waals surface area contributed by atoms with Gasteiger partial charge in [0.1, 0.15) is 0 Å². The van der Waals surface area contributed by atoms with E-state index in [1.807, 2.05) is 12.4 Å². The average molecular weight is 350 g/mol. The third kappa shape index (κ3) is 1.90. The molecule has 1 aromatic carbocycles. The minimum atomic E-state index is 0.197. The highest BCUT2D eigenvalue weighted by Crippen LogP contribution is 2.44. The highest BCUT2D eigenvalue weighted by atomic mass is 127. The minimum absolute atomic E-state index is 0.197. The molecule has 1 aliphatic heterocycles. The molecule has 1 aromatic heterocycles. The summed E-state index contributed by atoms with van der Waals surface area (Å²) in [5.41, 5.74) is 4.18. The maximum absolute atomic E-state index is 4.10. The molecule has 3 rings (SSSR count). The molecule has 0 saturated carbocycles. The Kier molecular flexibility index (Phi) is 2.81. The maximum Gasteiger partial charge on any atom is 0.0460 e. The Balaban J connectivity index is 2.14. The smallest absolute Gasteiger partial charge is 0.0460 e. The first-order valence-electron chi connectivity index (χ1n) is 6.05. The third-order valence-electron chi connectivity index (χ3n) is 3.51. The van der Waals surface area contributed by atoms with E-state index in [1.165, 1.54) is 20.5 Å². The molecule has 0 amide bonds. The number of benzene rings is 1. The molecule has 0 atom stereocenters. The van der Waals surface area contributed by atoms with Crippen molar-refractivity contribution in [1.82, 2.24) is 4.98 Å². The summed E-state index contributed by atoms with van der Waals surface area (Å²) in [6.07, 6.45) is 3.71. The van der Waals surface area contributed by atoms with Gasteiger partial charge in [0, 0.05) is 39.3 Å². The molecule has 0 unspecified atom stereocenters. The summed E-state index contributed by atoms with van der Waals surface area (Å²) in [5.74, 6) is 0. The second kappa shape index (κ2) is 4.23. The van der Waals surface area contributed by atoms with Crippen LogP contribution in [-0.2, 0) is 5.41 Å². The molecular formula is C15H15IN2. The van der Waals surface area contributed by atoms with E-state index in [9.17, 15) is 0 Å². The Hall–Kier alpha value is -1.10. The van der Waals surface area contributed by atoms with E-state index in [-0.39, 0.29) is 5.41 Å². The van der Waals surface area contributed by atoms with Crippen molar-refractivity contribution in [3.8, 4) is 0 Å². The van der Waals surface area contributed by atoms with Gasteiger partial charge in [-0.05, 0) is 52.4 Å². The number of fused-ring (bicyclic) bond motifs is 1. The first kappa shape index (κ1) is 12.0. The summed E-state index contributed by atoms with van der Waals surface area (Å²) >= 11 is 2.38. The van der Waals surface area contributed by atoms with Crippen molar-refractivity contribution in [2.45, 2.75) is 19.3 Å². The van der Waals surface area contributed by atoms with Crippen molar-refractivity contribution in [2.75, 3.05) is 11.4 Å². The third-order valence-corrected chi connectivity index (χ3v) is 4.18. The van der Waals surface area contributed by atoms with E-state index in [0.29, 0.717) is 0 Å². The van der Waals surface area contributed by atoms with Crippen LogP contribution in [0.25, 0.3) is 0 Å². The molecule has 92 valence electrons. The number of halogens is 1. The van der Waals surface area contributed by atoms with E-state index in [4.69, 9.17) is 0 Å². The van der Waals surface area contributed by atoms with Crippen LogP contribution >= 0.6 is 22.6 Å². The van der Waals surface area contributed by atoms with Gasteiger partial charge in [-0.3, -0.25) is 4.98 Å². The Morgan fingerprint density at radius 3 is 2.61 bits per heavy atom. The fourth-order valence-corrected chi connectivity index (χ4v) is 3.10.